The van der Waals surface area contributed by atoms with Gasteiger partial charge in [-0.2, -0.15) is 0 Å². The molecular weight excluding hydrogens is 319 g/mol. The van der Waals surface area contributed by atoms with Gasteiger partial charge in [0, 0.05) is 17.6 Å². The number of nitrogens with one attached hydrogen (secondary N) is 1. The highest BCUT2D eigenvalue weighted by Gasteiger charge is 2.24. The minimum absolute atomic E-state index is 0.0187. The molecule has 2 amide bonds. The van der Waals surface area contributed by atoms with E-state index in [0.29, 0.717) is 30.8 Å². The smallest absolute Gasteiger partial charge is 0.313 e. The molecule has 2 rings (SSSR count). The highest BCUT2D eigenvalue weighted by atomic mass is 79.9. The van der Waals surface area contributed by atoms with Gasteiger partial charge in [0.15, 0.2) is 0 Å². The first-order valence-corrected chi connectivity index (χ1v) is 6.50. The summed E-state index contributed by atoms with van der Waals surface area (Å²) in [5.41, 5.74) is -0.0187. The van der Waals surface area contributed by atoms with E-state index >= 15 is 0 Å². The summed E-state index contributed by atoms with van der Waals surface area (Å²) in [6.07, 6.45) is 0. The Balaban J connectivity index is 2.01. The summed E-state index contributed by atoms with van der Waals surface area (Å²) in [6.45, 7) is 1.56. The van der Waals surface area contributed by atoms with Crippen molar-refractivity contribution in [2.24, 2.45) is 0 Å². The van der Waals surface area contributed by atoms with Crippen molar-refractivity contribution in [3.05, 3.63) is 28.5 Å². The number of carbonyl (C=O) groups excluding carboxylic acids is 2. The Hall–Kier alpha value is -1.47. The highest BCUT2D eigenvalue weighted by Crippen LogP contribution is 2.19. The Kier molecular flexibility index (Phi) is 4.49. The third kappa shape index (κ3) is 3.51. The number of morpholine rings is 1. The van der Waals surface area contributed by atoms with E-state index < -0.39 is 17.6 Å². The summed E-state index contributed by atoms with van der Waals surface area (Å²) < 4.78 is 19.2. The van der Waals surface area contributed by atoms with Gasteiger partial charge >= 0.3 is 11.8 Å². The van der Waals surface area contributed by atoms with Crippen LogP contribution in [0.4, 0.5) is 10.1 Å². The van der Waals surface area contributed by atoms with E-state index in [1.165, 1.54) is 17.0 Å². The fourth-order valence-corrected chi connectivity index (χ4v) is 2.01. The molecule has 0 bridgehead atoms. The lowest BCUT2D eigenvalue weighted by atomic mass is 10.3. The number of hydrogen-bond donors (Lipinski definition) is 1. The fraction of sp³-hybridized carbons (Fsp3) is 0.333. The maximum absolute atomic E-state index is 13.5. The van der Waals surface area contributed by atoms with Crippen LogP contribution in [0.1, 0.15) is 0 Å². The molecule has 5 nitrogen and oxygen atoms in total. The monoisotopic (exact) mass is 330 g/mol. The second-order valence-electron chi connectivity index (χ2n) is 3.98. The summed E-state index contributed by atoms with van der Waals surface area (Å²) >= 11 is 3.11. The largest absolute Gasteiger partial charge is 0.378 e. The molecule has 1 heterocycles. The van der Waals surface area contributed by atoms with E-state index in [4.69, 9.17) is 4.74 Å². The molecule has 0 saturated carbocycles. The third-order valence-electron chi connectivity index (χ3n) is 2.67. The number of anilines is 1. The number of benzene rings is 1. The molecule has 7 heteroatoms. The molecule has 0 aromatic heterocycles. The SMILES string of the molecule is O=C(Nc1ccc(Br)cc1F)C(=O)N1CCOCC1. The van der Waals surface area contributed by atoms with Crippen LogP contribution in [0.5, 0.6) is 0 Å². The van der Waals surface area contributed by atoms with Crippen molar-refractivity contribution in [1.82, 2.24) is 4.90 Å². The van der Waals surface area contributed by atoms with Crippen molar-refractivity contribution < 1.29 is 18.7 Å². The first kappa shape index (κ1) is 14.0. The summed E-state index contributed by atoms with van der Waals surface area (Å²) in [5.74, 6) is -2.12. The molecule has 1 saturated heterocycles. The van der Waals surface area contributed by atoms with Crippen LogP contribution >= 0.6 is 15.9 Å². The van der Waals surface area contributed by atoms with Gasteiger partial charge in [-0.1, -0.05) is 15.9 Å². The van der Waals surface area contributed by atoms with Crippen molar-refractivity contribution >= 4 is 33.4 Å². The van der Waals surface area contributed by atoms with Crippen LogP contribution in [0.3, 0.4) is 0 Å². The molecule has 0 atom stereocenters. The molecule has 1 aromatic carbocycles. The van der Waals surface area contributed by atoms with E-state index in [-0.39, 0.29) is 5.69 Å². The Morgan fingerprint density at radius 1 is 1.32 bits per heavy atom. The Bertz CT molecular complexity index is 504. The van der Waals surface area contributed by atoms with Gasteiger partial charge in [-0.15, -0.1) is 0 Å². The third-order valence-corrected chi connectivity index (χ3v) is 3.17. The lowest BCUT2D eigenvalue weighted by Gasteiger charge is -2.26. The van der Waals surface area contributed by atoms with E-state index in [1.807, 2.05) is 0 Å². The van der Waals surface area contributed by atoms with E-state index in [0.717, 1.165) is 0 Å². The molecule has 0 aliphatic carbocycles. The van der Waals surface area contributed by atoms with Gasteiger partial charge in [0.2, 0.25) is 0 Å². The molecule has 0 spiro atoms. The molecule has 1 N–H and O–H groups in total. The number of ether oxygens (including phenoxy) is 1. The molecule has 1 aliphatic rings. The predicted octanol–water partition coefficient (Wildman–Crippen LogP) is 1.39. The minimum atomic E-state index is -0.844. The van der Waals surface area contributed by atoms with E-state index in [9.17, 15) is 14.0 Å². The van der Waals surface area contributed by atoms with Gasteiger partial charge in [0.1, 0.15) is 5.82 Å². The van der Waals surface area contributed by atoms with Crippen molar-refractivity contribution in [2.75, 3.05) is 31.6 Å². The second kappa shape index (κ2) is 6.12. The number of rotatable bonds is 1. The van der Waals surface area contributed by atoms with Gasteiger partial charge < -0.3 is 15.0 Å². The second-order valence-corrected chi connectivity index (χ2v) is 4.90. The zero-order valence-corrected chi connectivity index (χ0v) is 11.6. The number of hydrogen-bond acceptors (Lipinski definition) is 3. The van der Waals surface area contributed by atoms with Crippen molar-refractivity contribution in [1.29, 1.82) is 0 Å². The highest BCUT2D eigenvalue weighted by molar-refractivity contribution is 9.10. The molecule has 1 aliphatic heterocycles. The maximum atomic E-state index is 13.5. The lowest BCUT2D eigenvalue weighted by Crippen LogP contribution is -2.45. The Morgan fingerprint density at radius 2 is 2.00 bits per heavy atom. The molecular formula is C12H12BrFN2O3. The maximum Gasteiger partial charge on any atom is 0.313 e. The quantitative estimate of drug-likeness (QED) is 0.791. The lowest BCUT2D eigenvalue weighted by molar-refractivity contribution is -0.145. The van der Waals surface area contributed by atoms with Gasteiger partial charge in [-0.3, -0.25) is 9.59 Å². The standard InChI is InChI=1S/C12H12BrFN2O3/c13-8-1-2-10(9(14)7-8)15-11(17)12(18)16-3-5-19-6-4-16/h1-2,7H,3-6H2,(H,15,17). The van der Waals surface area contributed by atoms with Gasteiger partial charge in [-0.05, 0) is 18.2 Å². The van der Waals surface area contributed by atoms with Gasteiger partial charge in [0.05, 0.1) is 18.9 Å². The van der Waals surface area contributed by atoms with Crippen LogP contribution in [0.15, 0.2) is 22.7 Å². The van der Waals surface area contributed by atoms with Crippen molar-refractivity contribution in [3.8, 4) is 0 Å². The van der Waals surface area contributed by atoms with Crippen LogP contribution in [-0.4, -0.2) is 43.0 Å². The molecule has 1 fully saturated rings. The van der Waals surface area contributed by atoms with Crippen molar-refractivity contribution in [2.45, 2.75) is 0 Å². The first-order valence-electron chi connectivity index (χ1n) is 5.71. The summed E-state index contributed by atoms with van der Waals surface area (Å²) in [4.78, 5) is 24.9. The number of halogens is 2. The molecule has 102 valence electrons. The zero-order valence-electron chi connectivity index (χ0n) is 9.99. The Labute approximate surface area is 117 Å². The first-order chi connectivity index (χ1) is 9.08. The number of amides is 2. The fourth-order valence-electron chi connectivity index (χ4n) is 1.68. The number of carbonyl (C=O) groups is 2. The Morgan fingerprint density at radius 3 is 2.63 bits per heavy atom. The predicted molar refractivity (Wildman–Crippen MR) is 70.1 cm³/mol. The molecule has 0 unspecified atom stereocenters. The summed E-state index contributed by atoms with van der Waals surface area (Å²) in [7, 11) is 0. The average Bonchev–Trinajstić information content (AvgIpc) is 2.42. The molecule has 19 heavy (non-hydrogen) atoms. The van der Waals surface area contributed by atoms with Crippen LogP contribution in [0, 0.1) is 5.82 Å². The van der Waals surface area contributed by atoms with Gasteiger partial charge in [-0.25, -0.2) is 4.39 Å². The normalized spacial score (nSPS) is 15.2. The number of nitrogens with zero attached hydrogens (tertiary/aromatic N) is 1. The topological polar surface area (TPSA) is 58.6 Å². The summed E-state index contributed by atoms with van der Waals surface area (Å²) in [6, 6.07) is 4.19. The van der Waals surface area contributed by atoms with E-state index in [1.54, 1.807) is 6.07 Å². The van der Waals surface area contributed by atoms with Crippen LogP contribution in [0.25, 0.3) is 0 Å². The van der Waals surface area contributed by atoms with Crippen molar-refractivity contribution in [3.63, 3.8) is 0 Å². The van der Waals surface area contributed by atoms with Crippen LogP contribution in [-0.2, 0) is 14.3 Å². The molecule has 1 aromatic rings. The van der Waals surface area contributed by atoms with Crippen LogP contribution in [0.2, 0.25) is 0 Å². The minimum Gasteiger partial charge on any atom is -0.378 e. The molecule has 0 radical (unpaired) electrons. The average molecular weight is 331 g/mol. The van der Waals surface area contributed by atoms with E-state index in [2.05, 4.69) is 21.2 Å². The summed E-state index contributed by atoms with van der Waals surface area (Å²) in [5, 5.41) is 2.27. The van der Waals surface area contributed by atoms with Crippen LogP contribution < -0.4 is 5.32 Å². The zero-order chi connectivity index (χ0) is 13.8. The van der Waals surface area contributed by atoms with Gasteiger partial charge in [0.25, 0.3) is 0 Å².